The minimum atomic E-state index is -1.34. The SMILES string of the molecule is CC(=O)N[C@H](C(=O)N[C@@H](CCC(=O)O)C(=O)N[C@@H](Cc1ccc2ccccc2c1)C(=O)N[C@@H](CS)C(=O)O)C1CCCCC1. The van der Waals surface area contributed by atoms with Crippen LogP contribution in [0.15, 0.2) is 42.5 Å². The maximum Gasteiger partial charge on any atom is 0.327 e. The van der Waals surface area contributed by atoms with Crippen molar-refractivity contribution >= 4 is 59.0 Å². The lowest BCUT2D eigenvalue weighted by Gasteiger charge is -2.31. The fourth-order valence-corrected chi connectivity index (χ4v) is 5.67. The van der Waals surface area contributed by atoms with E-state index in [9.17, 15) is 39.0 Å². The third-order valence-electron chi connectivity index (χ3n) is 7.73. The lowest BCUT2D eigenvalue weighted by molar-refractivity contribution is -0.141. The van der Waals surface area contributed by atoms with Crippen LogP contribution in [0.3, 0.4) is 0 Å². The number of thiol groups is 1. The highest BCUT2D eigenvalue weighted by atomic mass is 32.1. The molecule has 44 heavy (non-hydrogen) atoms. The summed E-state index contributed by atoms with van der Waals surface area (Å²) in [7, 11) is 0. The second kappa shape index (κ2) is 16.6. The molecule has 0 saturated heterocycles. The van der Waals surface area contributed by atoms with Crippen molar-refractivity contribution in [3.63, 3.8) is 0 Å². The molecule has 4 atom stereocenters. The fraction of sp³-hybridized carbons (Fsp3) is 0.484. The van der Waals surface area contributed by atoms with Gasteiger partial charge in [0.05, 0.1) is 0 Å². The van der Waals surface area contributed by atoms with Crippen LogP contribution in [-0.2, 0) is 35.2 Å². The summed E-state index contributed by atoms with van der Waals surface area (Å²) in [6, 6.07) is 8.22. The number of carboxylic acids is 2. The van der Waals surface area contributed by atoms with Crippen molar-refractivity contribution in [1.29, 1.82) is 0 Å². The van der Waals surface area contributed by atoms with E-state index in [0.29, 0.717) is 18.4 Å². The standard InChI is InChI=1S/C31H40N4O8S/c1-18(36)32-27(21-8-3-2-4-9-21)30(41)33-23(13-14-26(37)38)28(39)34-24(29(40)35-25(17-44)31(42)43)16-19-11-12-20-7-5-6-10-22(20)15-19/h5-7,10-12,15,21,23-25,27,44H,2-4,8-9,13-14,16-17H2,1H3,(H,32,36)(H,33,41)(H,34,39)(H,35,40)(H,37,38)(H,42,43)/t23-,24-,25-,27-/m0/s1. The summed E-state index contributed by atoms with van der Waals surface area (Å²) in [5.74, 6) is -5.45. The van der Waals surface area contributed by atoms with E-state index >= 15 is 0 Å². The summed E-state index contributed by atoms with van der Waals surface area (Å²) in [6.45, 7) is 1.29. The number of aliphatic carboxylic acids is 2. The quantitative estimate of drug-likeness (QED) is 0.145. The van der Waals surface area contributed by atoms with Gasteiger partial charge in [-0.15, -0.1) is 0 Å². The number of nitrogens with one attached hydrogen (secondary N) is 4. The van der Waals surface area contributed by atoms with Gasteiger partial charge in [0.15, 0.2) is 0 Å². The average Bonchev–Trinajstić information content (AvgIpc) is 3.00. The van der Waals surface area contributed by atoms with E-state index in [2.05, 4.69) is 33.9 Å². The average molecular weight is 629 g/mol. The molecular formula is C31H40N4O8S. The molecule has 2 aromatic rings. The van der Waals surface area contributed by atoms with Gasteiger partial charge < -0.3 is 31.5 Å². The molecule has 0 radical (unpaired) electrons. The summed E-state index contributed by atoms with van der Waals surface area (Å²) >= 11 is 3.99. The smallest absolute Gasteiger partial charge is 0.327 e. The van der Waals surface area contributed by atoms with Crippen LogP contribution in [0.25, 0.3) is 10.8 Å². The predicted octanol–water partition coefficient (Wildman–Crippen LogP) is 1.80. The zero-order valence-electron chi connectivity index (χ0n) is 24.6. The normalized spacial score (nSPS) is 16.1. The molecular weight excluding hydrogens is 588 g/mol. The first-order valence-electron chi connectivity index (χ1n) is 14.7. The first-order valence-corrected chi connectivity index (χ1v) is 15.3. The first-order chi connectivity index (χ1) is 21.0. The van der Waals surface area contributed by atoms with Gasteiger partial charge in [0.2, 0.25) is 23.6 Å². The van der Waals surface area contributed by atoms with E-state index in [0.717, 1.165) is 30.0 Å². The predicted molar refractivity (Wildman–Crippen MR) is 166 cm³/mol. The van der Waals surface area contributed by atoms with Crippen LogP contribution in [0.5, 0.6) is 0 Å². The van der Waals surface area contributed by atoms with Crippen LogP contribution in [-0.4, -0.2) is 75.7 Å². The number of carbonyl (C=O) groups excluding carboxylic acids is 4. The third kappa shape index (κ3) is 10.2. The molecule has 2 aromatic carbocycles. The summed E-state index contributed by atoms with van der Waals surface area (Å²) in [5, 5.41) is 30.9. The molecule has 6 N–H and O–H groups in total. The molecule has 13 heteroatoms. The molecule has 0 aliphatic heterocycles. The van der Waals surface area contributed by atoms with Crippen molar-refractivity contribution in [3.8, 4) is 0 Å². The first kappa shape index (κ1) is 34.4. The lowest BCUT2D eigenvalue weighted by Crippen LogP contribution is -2.59. The number of carboxylic acid groups (broad SMARTS) is 2. The zero-order chi connectivity index (χ0) is 32.2. The Morgan fingerprint density at radius 3 is 2.02 bits per heavy atom. The van der Waals surface area contributed by atoms with Crippen LogP contribution in [0.1, 0.15) is 57.4 Å². The van der Waals surface area contributed by atoms with E-state index in [1.54, 1.807) is 6.07 Å². The van der Waals surface area contributed by atoms with Crippen LogP contribution in [0.4, 0.5) is 0 Å². The summed E-state index contributed by atoms with van der Waals surface area (Å²) < 4.78 is 0. The van der Waals surface area contributed by atoms with Crippen LogP contribution >= 0.6 is 12.6 Å². The molecule has 238 valence electrons. The highest BCUT2D eigenvalue weighted by molar-refractivity contribution is 7.80. The Labute approximate surface area is 261 Å². The highest BCUT2D eigenvalue weighted by Crippen LogP contribution is 2.27. The Morgan fingerprint density at radius 1 is 0.795 bits per heavy atom. The Balaban J connectivity index is 1.86. The van der Waals surface area contributed by atoms with E-state index in [1.807, 2.05) is 36.4 Å². The molecule has 4 amide bonds. The van der Waals surface area contributed by atoms with Crippen LogP contribution in [0, 0.1) is 5.92 Å². The maximum absolute atomic E-state index is 13.6. The van der Waals surface area contributed by atoms with Crippen LogP contribution in [0.2, 0.25) is 0 Å². The largest absolute Gasteiger partial charge is 0.481 e. The fourth-order valence-electron chi connectivity index (χ4n) is 5.42. The van der Waals surface area contributed by atoms with Gasteiger partial charge in [-0.3, -0.25) is 24.0 Å². The number of fused-ring (bicyclic) bond motifs is 1. The number of amides is 4. The van der Waals surface area contributed by atoms with E-state index in [-0.39, 0.29) is 24.5 Å². The van der Waals surface area contributed by atoms with Crippen molar-refractivity contribution in [2.45, 2.75) is 82.5 Å². The summed E-state index contributed by atoms with van der Waals surface area (Å²) in [5.41, 5.74) is 0.677. The zero-order valence-corrected chi connectivity index (χ0v) is 25.5. The topological polar surface area (TPSA) is 191 Å². The van der Waals surface area contributed by atoms with Crippen LogP contribution < -0.4 is 21.3 Å². The molecule has 0 heterocycles. The molecule has 1 aliphatic carbocycles. The molecule has 3 rings (SSSR count). The van der Waals surface area contributed by atoms with Gasteiger partial charge in [0, 0.05) is 25.5 Å². The van der Waals surface area contributed by atoms with E-state index < -0.39 is 66.2 Å². The monoisotopic (exact) mass is 628 g/mol. The Hall–Kier alpha value is -4.13. The molecule has 1 aliphatic rings. The molecule has 12 nitrogen and oxygen atoms in total. The van der Waals surface area contributed by atoms with E-state index in [1.165, 1.54) is 6.92 Å². The van der Waals surface area contributed by atoms with Gasteiger partial charge in [-0.1, -0.05) is 61.7 Å². The number of carbonyl (C=O) groups is 6. The van der Waals surface area contributed by atoms with Gasteiger partial charge >= 0.3 is 11.9 Å². The van der Waals surface area contributed by atoms with Gasteiger partial charge in [-0.25, -0.2) is 4.79 Å². The Kier molecular flexibility index (Phi) is 13.0. The van der Waals surface area contributed by atoms with Crippen molar-refractivity contribution < 1.29 is 39.0 Å². The molecule has 0 aromatic heterocycles. The minimum Gasteiger partial charge on any atom is -0.481 e. The molecule has 0 spiro atoms. The molecule has 0 unspecified atom stereocenters. The molecule has 1 fully saturated rings. The maximum atomic E-state index is 13.6. The number of hydrogen-bond donors (Lipinski definition) is 7. The van der Waals surface area contributed by atoms with Gasteiger partial charge in [-0.2, -0.15) is 12.6 Å². The second-order valence-electron chi connectivity index (χ2n) is 11.1. The lowest BCUT2D eigenvalue weighted by atomic mass is 9.83. The van der Waals surface area contributed by atoms with Crippen molar-refractivity contribution in [1.82, 2.24) is 21.3 Å². The van der Waals surface area contributed by atoms with Gasteiger partial charge in [0.1, 0.15) is 24.2 Å². The second-order valence-corrected chi connectivity index (χ2v) is 11.5. The number of hydrogen-bond acceptors (Lipinski definition) is 7. The number of benzene rings is 2. The highest BCUT2D eigenvalue weighted by Gasteiger charge is 2.34. The minimum absolute atomic E-state index is 0.0164. The van der Waals surface area contributed by atoms with E-state index in [4.69, 9.17) is 0 Å². The third-order valence-corrected chi connectivity index (χ3v) is 8.09. The summed E-state index contributed by atoms with van der Waals surface area (Å²) in [4.78, 5) is 75.3. The van der Waals surface area contributed by atoms with Crippen molar-refractivity contribution in [2.24, 2.45) is 5.92 Å². The van der Waals surface area contributed by atoms with Crippen molar-refractivity contribution in [2.75, 3.05) is 5.75 Å². The molecule has 1 saturated carbocycles. The Bertz CT molecular complexity index is 1360. The summed E-state index contributed by atoms with van der Waals surface area (Å²) in [6.07, 6.45) is 3.50. The van der Waals surface area contributed by atoms with Gasteiger partial charge in [-0.05, 0) is 41.5 Å². The van der Waals surface area contributed by atoms with Gasteiger partial charge in [0.25, 0.3) is 0 Å². The molecule has 0 bridgehead atoms. The number of rotatable bonds is 15. The van der Waals surface area contributed by atoms with Crippen molar-refractivity contribution in [3.05, 3.63) is 48.0 Å². The Morgan fingerprint density at radius 2 is 1.41 bits per heavy atom.